The van der Waals surface area contributed by atoms with Gasteiger partial charge in [0.05, 0.1) is 11.5 Å². The van der Waals surface area contributed by atoms with E-state index in [1.165, 1.54) is 19.1 Å². The van der Waals surface area contributed by atoms with Crippen molar-refractivity contribution in [3.63, 3.8) is 0 Å². The monoisotopic (exact) mass is 359 g/mol. The first-order valence-electron chi connectivity index (χ1n) is 7.96. The van der Waals surface area contributed by atoms with Crippen LogP contribution in [0.3, 0.4) is 0 Å². The van der Waals surface area contributed by atoms with Gasteiger partial charge in [0.15, 0.2) is 0 Å². The number of hydrogen-bond acceptors (Lipinski definition) is 3. The first kappa shape index (κ1) is 19.2. The molecule has 1 aliphatic heterocycles. The van der Waals surface area contributed by atoms with Crippen molar-refractivity contribution in [2.24, 2.45) is 11.8 Å². The van der Waals surface area contributed by atoms with Crippen LogP contribution < -0.4 is 5.32 Å². The van der Waals surface area contributed by atoms with Crippen molar-refractivity contribution in [3.05, 3.63) is 34.9 Å². The van der Waals surface area contributed by atoms with Gasteiger partial charge in [-0.15, -0.1) is 0 Å². The van der Waals surface area contributed by atoms with Crippen LogP contribution in [0.15, 0.2) is 18.2 Å². The molecular weight excluding hydrogens is 339 g/mol. The van der Waals surface area contributed by atoms with Gasteiger partial charge in [0.25, 0.3) is 5.91 Å². The molecule has 1 fully saturated rings. The Labute approximate surface area is 143 Å². The average Bonchev–Trinajstić information content (AvgIpc) is 2.55. The third-order valence-corrected chi connectivity index (χ3v) is 4.44. The van der Waals surface area contributed by atoms with Gasteiger partial charge in [-0.05, 0) is 43.4 Å². The van der Waals surface area contributed by atoms with Crippen molar-refractivity contribution in [2.45, 2.75) is 25.9 Å². The molecule has 5 nitrogen and oxygen atoms in total. The van der Waals surface area contributed by atoms with Crippen molar-refractivity contribution < 1.29 is 32.6 Å². The predicted octanol–water partition coefficient (Wildman–Crippen LogP) is 2.87. The predicted molar refractivity (Wildman–Crippen MR) is 83.2 cm³/mol. The van der Waals surface area contributed by atoms with E-state index in [0.29, 0.717) is 26.1 Å². The van der Waals surface area contributed by atoms with Gasteiger partial charge in [-0.1, -0.05) is 6.07 Å². The van der Waals surface area contributed by atoms with Gasteiger partial charge in [-0.2, -0.15) is 13.2 Å². The minimum Gasteiger partial charge on any atom is -0.481 e. The van der Waals surface area contributed by atoms with Gasteiger partial charge in [0.2, 0.25) is 0 Å². The molecule has 0 aromatic heterocycles. The molecule has 8 heteroatoms. The third kappa shape index (κ3) is 4.94. The van der Waals surface area contributed by atoms with Crippen molar-refractivity contribution in [2.75, 3.05) is 19.8 Å². The van der Waals surface area contributed by atoms with Crippen LogP contribution in [0.5, 0.6) is 0 Å². The van der Waals surface area contributed by atoms with Crippen molar-refractivity contribution in [1.29, 1.82) is 0 Å². The van der Waals surface area contributed by atoms with E-state index in [1.54, 1.807) is 0 Å². The molecule has 138 valence electrons. The maximum atomic E-state index is 12.9. The number of benzene rings is 1. The normalized spacial score (nSPS) is 17.1. The number of halogens is 3. The van der Waals surface area contributed by atoms with Crippen LogP contribution in [0, 0.1) is 18.8 Å². The van der Waals surface area contributed by atoms with Crippen LogP contribution in [-0.2, 0) is 15.7 Å². The summed E-state index contributed by atoms with van der Waals surface area (Å²) in [6, 6.07) is 3.31. The maximum Gasteiger partial charge on any atom is 0.416 e. The summed E-state index contributed by atoms with van der Waals surface area (Å²) in [5, 5.41) is 11.8. The number of hydrogen-bond donors (Lipinski definition) is 2. The molecule has 1 aromatic carbocycles. The Hall–Kier alpha value is -2.09. The maximum absolute atomic E-state index is 12.9. The van der Waals surface area contributed by atoms with Crippen LogP contribution in [0.25, 0.3) is 0 Å². The molecule has 1 saturated heterocycles. The molecule has 0 spiro atoms. The Morgan fingerprint density at radius 1 is 1.32 bits per heavy atom. The molecule has 25 heavy (non-hydrogen) atoms. The largest absolute Gasteiger partial charge is 0.481 e. The van der Waals surface area contributed by atoms with Crippen LogP contribution in [-0.4, -0.2) is 36.7 Å². The van der Waals surface area contributed by atoms with Gasteiger partial charge in [0, 0.05) is 25.3 Å². The zero-order chi connectivity index (χ0) is 18.6. The SMILES string of the molecule is Cc1ccc(C(=O)NCC(C(=O)O)C2CCOCC2)cc1C(F)(F)F. The van der Waals surface area contributed by atoms with Crippen LogP contribution in [0.2, 0.25) is 0 Å². The number of amides is 1. The number of carboxylic acids is 1. The highest BCUT2D eigenvalue weighted by atomic mass is 19.4. The van der Waals surface area contributed by atoms with E-state index in [4.69, 9.17) is 4.74 Å². The highest BCUT2D eigenvalue weighted by Gasteiger charge is 2.33. The molecule has 1 unspecified atom stereocenters. The minimum atomic E-state index is -4.55. The number of carboxylic acid groups (broad SMARTS) is 1. The lowest BCUT2D eigenvalue weighted by atomic mass is 9.86. The van der Waals surface area contributed by atoms with Gasteiger partial charge in [0.1, 0.15) is 0 Å². The van der Waals surface area contributed by atoms with Crippen LogP contribution in [0.4, 0.5) is 13.2 Å². The summed E-state index contributed by atoms with van der Waals surface area (Å²) < 4.78 is 44.0. The molecule has 0 aliphatic carbocycles. The molecule has 1 aliphatic rings. The summed E-state index contributed by atoms with van der Waals surface area (Å²) in [7, 11) is 0. The van der Waals surface area contributed by atoms with E-state index in [2.05, 4.69) is 5.32 Å². The molecule has 0 radical (unpaired) electrons. The number of carbonyl (C=O) groups excluding carboxylic acids is 1. The van der Waals surface area contributed by atoms with E-state index in [0.717, 1.165) is 6.07 Å². The number of rotatable bonds is 5. The summed E-state index contributed by atoms with van der Waals surface area (Å²) in [6.45, 7) is 2.12. The second-order valence-corrected chi connectivity index (χ2v) is 6.13. The van der Waals surface area contributed by atoms with Gasteiger partial charge < -0.3 is 15.2 Å². The van der Waals surface area contributed by atoms with E-state index in [1.807, 2.05) is 0 Å². The number of nitrogens with one attached hydrogen (secondary N) is 1. The number of aliphatic carboxylic acids is 1. The van der Waals surface area contributed by atoms with E-state index in [-0.39, 0.29) is 23.6 Å². The molecule has 1 atom stereocenters. The lowest BCUT2D eigenvalue weighted by Gasteiger charge is -2.27. The van der Waals surface area contributed by atoms with Crippen molar-refractivity contribution in [3.8, 4) is 0 Å². The number of ether oxygens (including phenoxy) is 1. The number of alkyl halides is 3. The molecular formula is C17H20F3NO4. The zero-order valence-electron chi connectivity index (χ0n) is 13.7. The molecule has 1 heterocycles. The minimum absolute atomic E-state index is 0.0228. The highest BCUT2D eigenvalue weighted by Crippen LogP contribution is 2.32. The molecule has 0 bridgehead atoms. The fraction of sp³-hybridized carbons (Fsp3) is 0.529. The standard InChI is InChI=1S/C17H20F3NO4/c1-10-2-3-12(8-14(10)17(18,19)20)15(22)21-9-13(16(23)24)11-4-6-25-7-5-11/h2-3,8,11,13H,4-7,9H2,1H3,(H,21,22)(H,23,24). The molecule has 2 rings (SSSR count). The van der Waals surface area contributed by atoms with E-state index >= 15 is 0 Å². The summed E-state index contributed by atoms with van der Waals surface area (Å²) in [4.78, 5) is 23.6. The second-order valence-electron chi connectivity index (χ2n) is 6.13. The fourth-order valence-corrected chi connectivity index (χ4v) is 2.95. The topological polar surface area (TPSA) is 75.6 Å². The van der Waals surface area contributed by atoms with Gasteiger partial charge in [-0.3, -0.25) is 9.59 Å². The van der Waals surface area contributed by atoms with E-state index in [9.17, 15) is 27.9 Å². The summed E-state index contributed by atoms with van der Waals surface area (Å²) in [5.41, 5.74) is -0.997. The fourth-order valence-electron chi connectivity index (χ4n) is 2.95. The van der Waals surface area contributed by atoms with Crippen LogP contribution >= 0.6 is 0 Å². The van der Waals surface area contributed by atoms with E-state index < -0.39 is 29.5 Å². The Bertz CT molecular complexity index is 639. The van der Waals surface area contributed by atoms with Gasteiger partial charge >= 0.3 is 12.1 Å². The number of aryl methyl sites for hydroxylation is 1. The first-order valence-corrected chi connectivity index (χ1v) is 7.96. The number of carbonyl (C=O) groups is 2. The Morgan fingerprint density at radius 2 is 1.96 bits per heavy atom. The third-order valence-electron chi connectivity index (χ3n) is 4.44. The van der Waals surface area contributed by atoms with Crippen LogP contribution in [0.1, 0.15) is 34.3 Å². The lowest BCUT2D eigenvalue weighted by molar-refractivity contribution is -0.144. The smallest absolute Gasteiger partial charge is 0.416 e. The van der Waals surface area contributed by atoms with Crippen molar-refractivity contribution >= 4 is 11.9 Å². The molecule has 2 N–H and O–H groups in total. The molecule has 1 aromatic rings. The molecule has 0 saturated carbocycles. The van der Waals surface area contributed by atoms with Crippen molar-refractivity contribution in [1.82, 2.24) is 5.32 Å². The lowest BCUT2D eigenvalue weighted by Crippen LogP contribution is -2.39. The summed E-state index contributed by atoms with van der Waals surface area (Å²) >= 11 is 0. The zero-order valence-corrected chi connectivity index (χ0v) is 13.7. The summed E-state index contributed by atoms with van der Waals surface area (Å²) in [5.74, 6) is -2.67. The Balaban J connectivity index is 2.07. The molecule has 1 amide bonds. The first-order chi connectivity index (χ1) is 11.7. The second kappa shape index (κ2) is 7.86. The average molecular weight is 359 g/mol. The Morgan fingerprint density at radius 3 is 2.52 bits per heavy atom. The summed E-state index contributed by atoms with van der Waals surface area (Å²) in [6.07, 6.45) is -3.39. The van der Waals surface area contributed by atoms with Gasteiger partial charge in [-0.25, -0.2) is 0 Å². The highest BCUT2D eigenvalue weighted by molar-refractivity contribution is 5.94. The Kier molecular flexibility index (Phi) is 6.05. The quantitative estimate of drug-likeness (QED) is 0.848.